The lowest BCUT2D eigenvalue weighted by Gasteiger charge is -2.25. The van der Waals surface area contributed by atoms with Gasteiger partial charge in [0.1, 0.15) is 11.4 Å². The number of aromatic nitrogens is 2. The lowest BCUT2D eigenvalue weighted by atomic mass is 10.1. The molecule has 6 nitrogen and oxygen atoms in total. The van der Waals surface area contributed by atoms with E-state index >= 15 is 0 Å². The van der Waals surface area contributed by atoms with E-state index in [-0.39, 0.29) is 11.7 Å². The zero-order valence-corrected chi connectivity index (χ0v) is 22.5. The summed E-state index contributed by atoms with van der Waals surface area (Å²) in [5.74, 6) is 1.44. The zero-order chi connectivity index (χ0) is 27.6. The van der Waals surface area contributed by atoms with E-state index in [4.69, 9.17) is 11.6 Å². The van der Waals surface area contributed by atoms with Crippen molar-refractivity contribution in [3.63, 3.8) is 0 Å². The summed E-state index contributed by atoms with van der Waals surface area (Å²) in [6, 6.07) is 13.4. The Labute approximate surface area is 231 Å². The highest BCUT2D eigenvalue weighted by molar-refractivity contribution is 6.30. The second-order valence-electron chi connectivity index (χ2n) is 10.5. The first kappa shape index (κ1) is 27.5. The van der Waals surface area contributed by atoms with Gasteiger partial charge in [-0.1, -0.05) is 42.8 Å². The Kier molecular flexibility index (Phi) is 8.19. The monoisotopic (exact) mass is 560 g/mol. The second kappa shape index (κ2) is 11.6. The average molecular weight is 561 g/mol. The molecule has 2 aromatic carbocycles. The molecule has 0 spiro atoms. The van der Waals surface area contributed by atoms with Gasteiger partial charge in [-0.3, -0.25) is 4.79 Å². The fourth-order valence-electron chi connectivity index (χ4n) is 5.71. The first-order valence-electron chi connectivity index (χ1n) is 13.3. The Hall–Kier alpha value is -3.04. The summed E-state index contributed by atoms with van der Waals surface area (Å²) >= 11 is 6.21. The zero-order valence-electron chi connectivity index (χ0n) is 21.8. The molecule has 3 aromatic rings. The molecule has 1 amide bonds. The van der Waals surface area contributed by atoms with E-state index in [0.717, 1.165) is 37.2 Å². The molecule has 208 valence electrons. The summed E-state index contributed by atoms with van der Waals surface area (Å²) in [4.78, 5) is 22.4. The van der Waals surface area contributed by atoms with Crippen molar-refractivity contribution in [2.75, 3.05) is 26.2 Å². The van der Waals surface area contributed by atoms with E-state index < -0.39 is 6.36 Å². The van der Waals surface area contributed by atoms with Gasteiger partial charge in [-0.15, -0.1) is 13.2 Å². The van der Waals surface area contributed by atoms with Gasteiger partial charge in [0, 0.05) is 43.9 Å². The van der Waals surface area contributed by atoms with Crippen molar-refractivity contribution in [2.45, 2.75) is 39.2 Å². The molecule has 1 aromatic heterocycles. The van der Waals surface area contributed by atoms with Crippen LogP contribution < -0.4 is 4.74 Å². The molecule has 2 fully saturated rings. The fourth-order valence-corrected chi connectivity index (χ4v) is 5.92. The van der Waals surface area contributed by atoms with Crippen molar-refractivity contribution in [1.82, 2.24) is 19.4 Å². The fraction of sp³-hybridized carbons (Fsp3) is 0.448. The Morgan fingerprint density at radius 2 is 1.85 bits per heavy atom. The predicted octanol–water partition coefficient (Wildman–Crippen LogP) is 5.91. The number of aryl methyl sites for hydroxylation is 2. The van der Waals surface area contributed by atoms with Crippen LogP contribution in [0.1, 0.15) is 35.0 Å². The van der Waals surface area contributed by atoms with Gasteiger partial charge in [0.15, 0.2) is 0 Å². The number of hydrogen-bond acceptors (Lipinski definition) is 4. The molecule has 0 N–H and O–H groups in total. The maximum Gasteiger partial charge on any atom is 0.573 e. The van der Waals surface area contributed by atoms with Crippen LogP contribution in [0.2, 0.25) is 5.02 Å². The average Bonchev–Trinajstić information content (AvgIpc) is 3.23. The number of rotatable bonds is 11. The number of imidazole rings is 1. The quantitative estimate of drug-likeness (QED) is 0.293. The van der Waals surface area contributed by atoms with Crippen molar-refractivity contribution >= 4 is 17.5 Å². The van der Waals surface area contributed by atoms with Crippen LogP contribution in [0, 0.1) is 17.8 Å². The lowest BCUT2D eigenvalue weighted by molar-refractivity contribution is -0.274. The van der Waals surface area contributed by atoms with Gasteiger partial charge in [0.2, 0.25) is 0 Å². The minimum absolute atomic E-state index is 0.113. The van der Waals surface area contributed by atoms with E-state index in [9.17, 15) is 18.0 Å². The minimum Gasteiger partial charge on any atom is -0.406 e. The molecule has 0 bridgehead atoms. The highest BCUT2D eigenvalue weighted by atomic mass is 35.5. The highest BCUT2D eigenvalue weighted by Gasteiger charge is 2.55. The molecule has 2 unspecified atom stereocenters. The van der Waals surface area contributed by atoms with Crippen LogP contribution in [0.4, 0.5) is 13.2 Å². The van der Waals surface area contributed by atoms with Crippen LogP contribution in [0.15, 0.2) is 61.1 Å². The van der Waals surface area contributed by atoms with Crippen molar-refractivity contribution < 1.29 is 22.7 Å². The summed E-state index contributed by atoms with van der Waals surface area (Å²) in [5.41, 5.74) is 2.21. The second-order valence-corrected chi connectivity index (χ2v) is 10.9. The van der Waals surface area contributed by atoms with Crippen LogP contribution in [0.5, 0.6) is 5.75 Å². The molecule has 2 heterocycles. The topological polar surface area (TPSA) is 50.6 Å². The Morgan fingerprint density at radius 1 is 1.10 bits per heavy atom. The van der Waals surface area contributed by atoms with Crippen LogP contribution in [-0.4, -0.2) is 57.8 Å². The molecule has 10 heteroatoms. The number of carbonyl (C=O) groups excluding carboxylic acids is 1. The number of benzene rings is 2. The molecule has 5 rings (SSSR count). The maximum absolute atomic E-state index is 13.6. The normalized spacial score (nSPS) is 20.6. The number of hydrogen-bond donors (Lipinski definition) is 0. The third kappa shape index (κ3) is 7.13. The maximum atomic E-state index is 13.6. The van der Waals surface area contributed by atoms with Gasteiger partial charge >= 0.3 is 6.36 Å². The summed E-state index contributed by atoms with van der Waals surface area (Å²) < 4.78 is 42.9. The number of alkyl halides is 3. The van der Waals surface area contributed by atoms with E-state index in [1.54, 1.807) is 24.7 Å². The third-order valence-corrected chi connectivity index (χ3v) is 7.87. The summed E-state index contributed by atoms with van der Waals surface area (Å²) in [7, 11) is 0. The first-order chi connectivity index (χ1) is 18.7. The van der Waals surface area contributed by atoms with Gasteiger partial charge in [-0.05, 0) is 72.5 Å². The third-order valence-electron chi connectivity index (χ3n) is 7.64. The van der Waals surface area contributed by atoms with E-state index in [0.29, 0.717) is 54.5 Å². The summed E-state index contributed by atoms with van der Waals surface area (Å²) in [5, 5.41) is 0.640. The largest absolute Gasteiger partial charge is 0.573 e. The summed E-state index contributed by atoms with van der Waals surface area (Å²) in [6.45, 7) is 7.25. The molecule has 39 heavy (non-hydrogen) atoms. The number of piperidine rings is 1. The standard InChI is InChI=1S/C29H32ClF3N4O2/c1-2-11-35-15-24-25(16-35)26(24)17-37(14-21-4-3-5-22(30)13-21)28(38)27-18-36(19-34-27)12-10-20-6-8-23(9-7-20)39-29(31,32)33/h3-9,13,18-19,24-26H,2,10-12,14-17H2,1H3. The molecular weight excluding hydrogens is 529 g/mol. The Balaban J connectivity index is 1.22. The number of likely N-dealkylation sites (tertiary alicyclic amines) is 1. The van der Waals surface area contributed by atoms with Gasteiger partial charge in [0.05, 0.1) is 6.33 Å². The molecule has 2 atom stereocenters. The summed E-state index contributed by atoms with van der Waals surface area (Å²) in [6.07, 6.45) is 0.382. The number of halogens is 4. The molecule has 1 saturated heterocycles. The SMILES string of the molecule is CCCN1CC2C(C1)C2CN(Cc1cccc(Cl)c1)C(=O)c1cn(CCc2ccc(OC(F)(F)F)cc2)cn1. The van der Waals surface area contributed by atoms with Gasteiger partial charge in [-0.25, -0.2) is 4.98 Å². The van der Waals surface area contributed by atoms with Gasteiger partial charge in [-0.2, -0.15) is 0 Å². The van der Waals surface area contributed by atoms with Crippen molar-refractivity contribution in [1.29, 1.82) is 0 Å². The smallest absolute Gasteiger partial charge is 0.406 e. The first-order valence-corrected chi connectivity index (χ1v) is 13.7. The number of nitrogens with zero attached hydrogens (tertiary/aromatic N) is 4. The molecule has 1 aliphatic carbocycles. The molecular formula is C29H32ClF3N4O2. The Morgan fingerprint density at radius 3 is 2.51 bits per heavy atom. The molecule has 1 saturated carbocycles. The molecule has 1 aliphatic heterocycles. The van der Waals surface area contributed by atoms with Gasteiger partial charge in [0.25, 0.3) is 5.91 Å². The van der Waals surface area contributed by atoms with E-state index in [2.05, 4.69) is 21.5 Å². The van der Waals surface area contributed by atoms with Crippen LogP contribution in [0.3, 0.4) is 0 Å². The molecule has 2 aliphatic rings. The van der Waals surface area contributed by atoms with E-state index in [1.165, 1.54) is 12.1 Å². The number of fused-ring (bicyclic) bond motifs is 1. The van der Waals surface area contributed by atoms with Crippen molar-refractivity contribution in [3.05, 3.63) is 82.9 Å². The number of carbonyl (C=O) groups is 1. The number of ether oxygens (including phenoxy) is 1. The predicted molar refractivity (Wildman–Crippen MR) is 142 cm³/mol. The van der Waals surface area contributed by atoms with Crippen LogP contribution in [-0.2, 0) is 19.5 Å². The van der Waals surface area contributed by atoms with Crippen molar-refractivity contribution in [2.24, 2.45) is 17.8 Å². The van der Waals surface area contributed by atoms with Crippen LogP contribution in [0.25, 0.3) is 0 Å². The lowest BCUT2D eigenvalue weighted by Crippen LogP contribution is -2.35. The Bertz CT molecular complexity index is 1270. The van der Waals surface area contributed by atoms with Crippen molar-refractivity contribution in [3.8, 4) is 5.75 Å². The minimum atomic E-state index is -4.71. The molecule has 0 radical (unpaired) electrons. The van der Waals surface area contributed by atoms with E-state index in [1.807, 2.05) is 33.7 Å². The highest BCUT2D eigenvalue weighted by Crippen LogP contribution is 2.52. The van der Waals surface area contributed by atoms with Crippen LogP contribution >= 0.6 is 11.6 Å². The van der Waals surface area contributed by atoms with Gasteiger partial charge < -0.3 is 19.1 Å². The number of amides is 1.